The van der Waals surface area contributed by atoms with Gasteiger partial charge in [-0.15, -0.1) is 11.3 Å². The number of carbonyl (C=O) groups excluding carboxylic acids is 1. The number of aromatic nitrogens is 1. The number of fused-ring (bicyclic) bond motifs is 1. The average molecular weight is 430 g/mol. The van der Waals surface area contributed by atoms with Gasteiger partial charge in [0.15, 0.2) is 0 Å². The lowest BCUT2D eigenvalue weighted by Gasteiger charge is -2.22. The van der Waals surface area contributed by atoms with Crippen LogP contribution in [0.1, 0.15) is 16.1 Å². The van der Waals surface area contributed by atoms with Crippen LogP contribution in [0, 0.1) is 12.7 Å². The van der Waals surface area contributed by atoms with E-state index in [9.17, 15) is 9.18 Å². The molecule has 29 heavy (non-hydrogen) atoms. The second-order valence-electron chi connectivity index (χ2n) is 7.26. The Morgan fingerprint density at radius 1 is 1.34 bits per heavy atom. The zero-order chi connectivity index (χ0) is 20.5. The number of amides is 1. The van der Waals surface area contributed by atoms with Gasteiger partial charge in [-0.25, -0.2) is 9.37 Å². The molecule has 2 heterocycles. The van der Waals surface area contributed by atoms with Gasteiger partial charge in [0.05, 0.1) is 17.2 Å². The van der Waals surface area contributed by atoms with Crippen LogP contribution in [0.2, 0.25) is 5.02 Å². The number of thiazole rings is 1. The topological polar surface area (TPSA) is 36.4 Å². The number of nitrogens with zero attached hydrogens (tertiary/aromatic N) is 3. The molecule has 4 nitrogen and oxygen atoms in total. The summed E-state index contributed by atoms with van der Waals surface area (Å²) < 4.78 is 14.0. The quantitative estimate of drug-likeness (QED) is 0.576. The SMILES string of the molecule is Cc1nc(-c2ccc3c(c2)CCN3C(=O)CN(C)Cc2c(F)cccc2Cl)cs1. The highest BCUT2D eigenvalue weighted by Crippen LogP contribution is 2.33. The van der Waals surface area contributed by atoms with Gasteiger partial charge < -0.3 is 4.90 Å². The number of carbonyl (C=O) groups is 1. The Morgan fingerprint density at radius 3 is 2.90 bits per heavy atom. The number of aryl methyl sites for hydroxylation is 1. The normalized spacial score (nSPS) is 13.2. The first-order valence-corrected chi connectivity index (χ1v) is 10.7. The maximum atomic E-state index is 14.0. The lowest BCUT2D eigenvalue weighted by molar-refractivity contribution is -0.119. The van der Waals surface area contributed by atoms with E-state index in [2.05, 4.69) is 16.4 Å². The van der Waals surface area contributed by atoms with Crippen LogP contribution in [0.25, 0.3) is 11.3 Å². The van der Waals surface area contributed by atoms with Crippen molar-refractivity contribution in [3.63, 3.8) is 0 Å². The fourth-order valence-corrected chi connectivity index (χ4v) is 4.49. The molecule has 4 rings (SSSR count). The Bertz CT molecular complexity index is 1050. The highest BCUT2D eigenvalue weighted by Gasteiger charge is 2.26. The van der Waals surface area contributed by atoms with Gasteiger partial charge in [0.2, 0.25) is 5.91 Å². The van der Waals surface area contributed by atoms with E-state index >= 15 is 0 Å². The first-order chi connectivity index (χ1) is 13.9. The van der Waals surface area contributed by atoms with Crippen molar-refractivity contribution in [2.24, 2.45) is 0 Å². The molecule has 1 aliphatic heterocycles. The minimum atomic E-state index is -0.354. The molecule has 1 aliphatic rings. The second-order valence-corrected chi connectivity index (χ2v) is 8.73. The summed E-state index contributed by atoms with van der Waals surface area (Å²) in [5, 5.41) is 3.47. The summed E-state index contributed by atoms with van der Waals surface area (Å²) >= 11 is 7.73. The van der Waals surface area contributed by atoms with Gasteiger partial charge in [0.1, 0.15) is 5.82 Å². The number of halogens is 2. The van der Waals surface area contributed by atoms with Crippen LogP contribution in [0.4, 0.5) is 10.1 Å². The molecular formula is C22H21ClFN3OS. The molecule has 1 amide bonds. The number of anilines is 1. The van der Waals surface area contributed by atoms with E-state index in [-0.39, 0.29) is 24.8 Å². The third-order valence-electron chi connectivity index (χ3n) is 5.09. The largest absolute Gasteiger partial charge is 0.311 e. The first kappa shape index (κ1) is 20.0. The standard InChI is InChI=1S/C22H21ClFN3OS/c1-14-25-20(13-29-14)15-6-7-21-16(10-15)8-9-27(21)22(28)12-26(2)11-17-18(23)4-3-5-19(17)24/h3-7,10,13H,8-9,11-12H2,1-2H3. The Labute approximate surface area is 178 Å². The van der Waals surface area contributed by atoms with Gasteiger partial charge in [-0.05, 0) is 50.2 Å². The average Bonchev–Trinajstić information content (AvgIpc) is 3.30. The molecule has 150 valence electrons. The summed E-state index contributed by atoms with van der Waals surface area (Å²) in [6, 6.07) is 10.8. The second kappa shape index (κ2) is 8.22. The molecule has 2 aromatic carbocycles. The van der Waals surface area contributed by atoms with Gasteiger partial charge in [0, 0.05) is 40.3 Å². The molecule has 0 saturated heterocycles. The predicted octanol–water partition coefficient (Wildman–Crippen LogP) is 4.93. The van der Waals surface area contributed by atoms with Crippen molar-refractivity contribution in [2.75, 3.05) is 25.0 Å². The molecule has 0 unspecified atom stereocenters. The van der Waals surface area contributed by atoms with E-state index in [0.717, 1.165) is 33.9 Å². The van der Waals surface area contributed by atoms with Crippen molar-refractivity contribution in [3.05, 3.63) is 68.8 Å². The molecule has 1 aromatic heterocycles. The summed E-state index contributed by atoms with van der Waals surface area (Å²) in [7, 11) is 1.80. The summed E-state index contributed by atoms with van der Waals surface area (Å²) in [5.41, 5.74) is 4.56. The predicted molar refractivity (Wildman–Crippen MR) is 116 cm³/mol. The lowest BCUT2D eigenvalue weighted by atomic mass is 10.1. The number of hydrogen-bond acceptors (Lipinski definition) is 4. The van der Waals surface area contributed by atoms with Crippen LogP contribution in [-0.2, 0) is 17.8 Å². The maximum absolute atomic E-state index is 14.0. The third-order valence-corrected chi connectivity index (χ3v) is 6.21. The smallest absolute Gasteiger partial charge is 0.241 e. The molecule has 0 aliphatic carbocycles. The fourth-order valence-electron chi connectivity index (χ4n) is 3.64. The highest BCUT2D eigenvalue weighted by atomic mass is 35.5. The van der Waals surface area contributed by atoms with Gasteiger partial charge in [0.25, 0.3) is 0 Å². The monoisotopic (exact) mass is 429 g/mol. The number of benzene rings is 2. The summed E-state index contributed by atoms with van der Waals surface area (Å²) in [6.07, 6.45) is 0.820. The molecule has 0 saturated carbocycles. The van der Waals surface area contributed by atoms with E-state index in [4.69, 9.17) is 11.6 Å². The molecule has 7 heteroatoms. The molecule has 3 aromatic rings. The third kappa shape index (κ3) is 4.20. The Balaban J connectivity index is 1.46. The van der Waals surface area contributed by atoms with Crippen molar-refractivity contribution < 1.29 is 9.18 Å². The van der Waals surface area contributed by atoms with E-state index in [1.54, 1.807) is 35.4 Å². The van der Waals surface area contributed by atoms with Crippen LogP contribution < -0.4 is 4.90 Å². The van der Waals surface area contributed by atoms with E-state index < -0.39 is 0 Å². The number of rotatable bonds is 5. The van der Waals surface area contributed by atoms with Crippen LogP contribution in [0.5, 0.6) is 0 Å². The Morgan fingerprint density at radius 2 is 2.17 bits per heavy atom. The van der Waals surface area contributed by atoms with Crippen LogP contribution in [-0.4, -0.2) is 35.9 Å². The first-order valence-electron chi connectivity index (χ1n) is 9.39. The van der Waals surface area contributed by atoms with Crippen molar-refractivity contribution >= 4 is 34.5 Å². The van der Waals surface area contributed by atoms with Crippen molar-refractivity contribution in [2.45, 2.75) is 19.9 Å². The van der Waals surface area contributed by atoms with Crippen molar-refractivity contribution in [1.29, 1.82) is 0 Å². The van der Waals surface area contributed by atoms with Gasteiger partial charge >= 0.3 is 0 Å². The highest BCUT2D eigenvalue weighted by molar-refractivity contribution is 7.09. The molecule has 0 bridgehead atoms. The van der Waals surface area contributed by atoms with E-state index in [1.165, 1.54) is 6.07 Å². The Kier molecular flexibility index (Phi) is 5.67. The molecule has 0 N–H and O–H groups in total. The maximum Gasteiger partial charge on any atom is 0.241 e. The van der Waals surface area contributed by atoms with Crippen LogP contribution >= 0.6 is 22.9 Å². The Hall–Kier alpha value is -2.28. The fraction of sp³-hybridized carbons (Fsp3) is 0.273. The van der Waals surface area contributed by atoms with E-state index in [1.807, 2.05) is 24.0 Å². The minimum absolute atomic E-state index is 0.00374. The summed E-state index contributed by atoms with van der Waals surface area (Å²) in [5.74, 6) is -0.357. The van der Waals surface area contributed by atoms with Gasteiger partial charge in [-0.2, -0.15) is 0 Å². The lowest BCUT2D eigenvalue weighted by Crippen LogP contribution is -2.38. The minimum Gasteiger partial charge on any atom is -0.311 e. The summed E-state index contributed by atoms with van der Waals surface area (Å²) in [6.45, 7) is 3.12. The van der Waals surface area contributed by atoms with Gasteiger partial charge in [-0.1, -0.05) is 23.7 Å². The van der Waals surface area contributed by atoms with Crippen molar-refractivity contribution in [3.8, 4) is 11.3 Å². The van der Waals surface area contributed by atoms with E-state index in [0.29, 0.717) is 17.1 Å². The molecular weight excluding hydrogens is 409 g/mol. The van der Waals surface area contributed by atoms with Crippen molar-refractivity contribution in [1.82, 2.24) is 9.88 Å². The summed E-state index contributed by atoms with van der Waals surface area (Å²) in [4.78, 5) is 21.0. The number of hydrogen-bond donors (Lipinski definition) is 0. The van der Waals surface area contributed by atoms with Crippen LogP contribution in [0.3, 0.4) is 0 Å². The zero-order valence-corrected chi connectivity index (χ0v) is 17.9. The molecule has 0 fully saturated rings. The molecule has 0 atom stereocenters. The number of likely N-dealkylation sites (N-methyl/N-ethyl adjacent to an activating group) is 1. The van der Waals surface area contributed by atoms with Gasteiger partial charge in [-0.3, -0.25) is 9.69 Å². The zero-order valence-electron chi connectivity index (χ0n) is 16.3. The molecule has 0 radical (unpaired) electrons. The molecule has 0 spiro atoms. The van der Waals surface area contributed by atoms with Crippen LogP contribution in [0.15, 0.2) is 41.8 Å².